The number of carbonyl (C=O) groups is 1. The zero-order valence-electron chi connectivity index (χ0n) is 13.3. The highest BCUT2D eigenvalue weighted by atomic mass is 16.6. The summed E-state index contributed by atoms with van der Waals surface area (Å²) in [5, 5.41) is 2.06. The van der Waals surface area contributed by atoms with E-state index in [-0.39, 0.29) is 5.97 Å². The molecule has 0 aliphatic heterocycles. The molecule has 3 heteroatoms. The first-order chi connectivity index (χ1) is 10.3. The maximum absolute atomic E-state index is 12.3. The van der Waals surface area contributed by atoms with Crippen molar-refractivity contribution >= 4 is 27.8 Å². The first-order valence-corrected chi connectivity index (χ1v) is 7.37. The molecule has 3 nitrogen and oxygen atoms in total. The average molecular weight is 293 g/mol. The van der Waals surface area contributed by atoms with Gasteiger partial charge in [0.15, 0.2) is 0 Å². The van der Waals surface area contributed by atoms with Gasteiger partial charge in [-0.05, 0) is 57.5 Å². The van der Waals surface area contributed by atoms with Crippen molar-refractivity contribution in [3.8, 4) is 0 Å². The van der Waals surface area contributed by atoms with Crippen LogP contribution < -0.4 is 0 Å². The second-order valence-electron chi connectivity index (χ2n) is 6.49. The van der Waals surface area contributed by atoms with Crippen molar-refractivity contribution in [1.82, 2.24) is 4.98 Å². The van der Waals surface area contributed by atoms with E-state index in [1.165, 1.54) is 0 Å². The number of pyridine rings is 1. The molecule has 0 aliphatic rings. The van der Waals surface area contributed by atoms with Crippen LogP contribution in [0.4, 0.5) is 0 Å². The lowest BCUT2D eigenvalue weighted by molar-refractivity contribution is 0.00690. The van der Waals surface area contributed by atoms with Gasteiger partial charge in [-0.2, -0.15) is 0 Å². The van der Waals surface area contributed by atoms with E-state index in [1.807, 2.05) is 58.0 Å². The van der Waals surface area contributed by atoms with Gasteiger partial charge in [0.25, 0.3) is 0 Å². The molecule has 0 aliphatic carbocycles. The molecular weight excluding hydrogens is 274 g/mol. The summed E-state index contributed by atoms with van der Waals surface area (Å²) in [5.74, 6) is -0.292. The third kappa shape index (κ3) is 2.67. The third-order valence-corrected chi connectivity index (χ3v) is 3.59. The van der Waals surface area contributed by atoms with Crippen molar-refractivity contribution < 1.29 is 9.53 Å². The van der Waals surface area contributed by atoms with Crippen LogP contribution in [0.5, 0.6) is 0 Å². The van der Waals surface area contributed by atoms with Gasteiger partial charge >= 0.3 is 5.97 Å². The molecule has 0 unspecified atom stereocenters. The lowest BCUT2D eigenvalue weighted by Gasteiger charge is -2.20. The molecule has 3 rings (SSSR count). The minimum atomic E-state index is -0.500. The lowest BCUT2D eigenvalue weighted by atomic mass is 10.0. The molecule has 2 aromatic carbocycles. The Balaban J connectivity index is 2.16. The summed E-state index contributed by atoms with van der Waals surface area (Å²) in [6, 6.07) is 13.8. The van der Waals surface area contributed by atoms with E-state index in [2.05, 4.69) is 11.1 Å². The number of benzene rings is 2. The summed E-state index contributed by atoms with van der Waals surface area (Å²) in [6.45, 7) is 7.56. The van der Waals surface area contributed by atoms with Crippen LogP contribution >= 0.6 is 0 Å². The maximum Gasteiger partial charge on any atom is 0.338 e. The Morgan fingerprint density at radius 1 is 1.05 bits per heavy atom. The Hall–Kier alpha value is -2.42. The number of hydrogen-bond donors (Lipinski definition) is 0. The molecule has 0 fully saturated rings. The molecule has 112 valence electrons. The highest BCUT2D eigenvalue weighted by Gasteiger charge is 2.20. The van der Waals surface area contributed by atoms with Gasteiger partial charge in [0.2, 0.25) is 0 Å². The fourth-order valence-corrected chi connectivity index (χ4v) is 2.54. The summed E-state index contributed by atoms with van der Waals surface area (Å²) in [6.07, 6.45) is 0. The molecule has 0 atom stereocenters. The van der Waals surface area contributed by atoms with Gasteiger partial charge in [0.1, 0.15) is 5.60 Å². The Labute approximate surface area is 129 Å². The van der Waals surface area contributed by atoms with E-state index in [0.717, 1.165) is 27.4 Å². The minimum Gasteiger partial charge on any atom is -0.456 e. The Morgan fingerprint density at radius 3 is 2.50 bits per heavy atom. The summed E-state index contributed by atoms with van der Waals surface area (Å²) in [7, 11) is 0. The molecule has 1 aromatic heterocycles. The van der Waals surface area contributed by atoms with Crippen molar-refractivity contribution in [2.24, 2.45) is 0 Å². The van der Waals surface area contributed by atoms with Gasteiger partial charge in [-0.1, -0.05) is 18.2 Å². The van der Waals surface area contributed by atoms with E-state index in [0.29, 0.717) is 5.56 Å². The summed E-state index contributed by atoms with van der Waals surface area (Å²) in [5.41, 5.74) is 2.85. The third-order valence-electron chi connectivity index (χ3n) is 3.59. The van der Waals surface area contributed by atoms with Crippen LogP contribution in [0.1, 0.15) is 36.7 Å². The number of para-hydroxylation sites is 1. The topological polar surface area (TPSA) is 39.2 Å². The number of nitrogens with zero attached hydrogens (tertiary/aromatic N) is 1. The second-order valence-corrected chi connectivity index (χ2v) is 6.49. The number of carbonyl (C=O) groups excluding carboxylic acids is 1. The summed E-state index contributed by atoms with van der Waals surface area (Å²) < 4.78 is 5.48. The number of hydrogen-bond acceptors (Lipinski definition) is 3. The van der Waals surface area contributed by atoms with Crippen LogP contribution in [-0.2, 0) is 4.74 Å². The molecule has 3 aromatic rings. The van der Waals surface area contributed by atoms with Crippen LogP contribution in [0.2, 0.25) is 0 Å². The highest BCUT2D eigenvalue weighted by molar-refractivity contribution is 6.01. The Bertz CT molecular complexity index is 876. The number of rotatable bonds is 1. The van der Waals surface area contributed by atoms with Crippen LogP contribution in [0.15, 0.2) is 42.5 Å². The lowest BCUT2D eigenvalue weighted by Crippen LogP contribution is -2.24. The van der Waals surface area contributed by atoms with Crippen molar-refractivity contribution in [2.75, 3.05) is 0 Å². The van der Waals surface area contributed by atoms with Gasteiger partial charge < -0.3 is 4.74 Å². The monoisotopic (exact) mass is 293 g/mol. The minimum absolute atomic E-state index is 0.292. The standard InChI is InChI=1S/C19H19NO2/c1-12-14(18(21)22-19(2,3)4)9-10-17-15(12)11-13-7-5-6-8-16(13)20-17/h5-11H,1-4H3. The smallest absolute Gasteiger partial charge is 0.338 e. The normalized spacial score (nSPS) is 11.8. The fourth-order valence-electron chi connectivity index (χ4n) is 2.54. The molecule has 0 N–H and O–H groups in total. The van der Waals surface area contributed by atoms with Crippen LogP contribution in [0.3, 0.4) is 0 Å². The number of esters is 1. The number of ether oxygens (including phenoxy) is 1. The van der Waals surface area contributed by atoms with Crippen LogP contribution in [0.25, 0.3) is 21.8 Å². The number of aryl methyl sites for hydroxylation is 1. The molecule has 0 spiro atoms. The largest absolute Gasteiger partial charge is 0.456 e. The Morgan fingerprint density at radius 2 is 1.77 bits per heavy atom. The highest BCUT2D eigenvalue weighted by Crippen LogP contribution is 2.26. The molecule has 0 saturated carbocycles. The maximum atomic E-state index is 12.3. The van der Waals surface area contributed by atoms with Crippen LogP contribution in [0, 0.1) is 6.92 Å². The molecule has 0 amide bonds. The van der Waals surface area contributed by atoms with Gasteiger partial charge in [-0.25, -0.2) is 9.78 Å². The predicted molar refractivity (Wildman–Crippen MR) is 89.2 cm³/mol. The molecule has 0 saturated heterocycles. The quantitative estimate of drug-likeness (QED) is 0.484. The summed E-state index contributed by atoms with van der Waals surface area (Å²) >= 11 is 0. The van der Waals surface area contributed by atoms with Gasteiger partial charge in [-0.3, -0.25) is 0 Å². The van der Waals surface area contributed by atoms with E-state index in [9.17, 15) is 4.79 Å². The first-order valence-electron chi connectivity index (χ1n) is 7.37. The molecule has 1 heterocycles. The van der Waals surface area contributed by atoms with Crippen molar-refractivity contribution in [3.63, 3.8) is 0 Å². The number of fused-ring (bicyclic) bond motifs is 2. The number of aromatic nitrogens is 1. The van der Waals surface area contributed by atoms with E-state index < -0.39 is 5.60 Å². The molecule has 0 radical (unpaired) electrons. The van der Waals surface area contributed by atoms with Crippen molar-refractivity contribution in [2.45, 2.75) is 33.3 Å². The zero-order valence-corrected chi connectivity index (χ0v) is 13.3. The van der Waals surface area contributed by atoms with E-state index >= 15 is 0 Å². The molecule has 0 bridgehead atoms. The average Bonchev–Trinajstić information content (AvgIpc) is 2.44. The van der Waals surface area contributed by atoms with Crippen LogP contribution in [-0.4, -0.2) is 16.6 Å². The second kappa shape index (κ2) is 5.09. The molecular formula is C19H19NO2. The van der Waals surface area contributed by atoms with Gasteiger partial charge in [0.05, 0.1) is 16.6 Å². The zero-order chi connectivity index (χ0) is 15.9. The van der Waals surface area contributed by atoms with E-state index in [4.69, 9.17) is 4.74 Å². The Kier molecular flexibility index (Phi) is 3.36. The van der Waals surface area contributed by atoms with Gasteiger partial charge in [-0.15, -0.1) is 0 Å². The van der Waals surface area contributed by atoms with Crippen molar-refractivity contribution in [3.05, 3.63) is 53.6 Å². The van der Waals surface area contributed by atoms with Gasteiger partial charge in [0, 0.05) is 10.8 Å². The molecule has 22 heavy (non-hydrogen) atoms. The predicted octanol–water partition coefficient (Wildman–Crippen LogP) is 4.65. The van der Waals surface area contributed by atoms with Crippen molar-refractivity contribution in [1.29, 1.82) is 0 Å². The summed E-state index contributed by atoms with van der Waals surface area (Å²) in [4.78, 5) is 17.0. The first kappa shape index (κ1) is 14.5. The SMILES string of the molecule is Cc1c(C(=O)OC(C)(C)C)ccc2nc3ccccc3cc12. The fraction of sp³-hybridized carbons (Fsp3) is 0.263. The van der Waals surface area contributed by atoms with E-state index in [1.54, 1.807) is 6.07 Å².